The Labute approximate surface area is 123 Å². The van der Waals surface area contributed by atoms with Gasteiger partial charge in [-0.05, 0) is 32.3 Å². The van der Waals surface area contributed by atoms with E-state index in [1.165, 1.54) is 18.6 Å². The quantitative estimate of drug-likeness (QED) is 0.441. The summed E-state index contributed by atoms with van der Waals surface area (Å²) in [6, 6.07) is 0. The fraction of sp³-hybridized carbons (Fsp3) is 0.312. The molecular weight excluding hydrogens is 272 g/mol. The molecule has 5 nitrogen and oxygen atoms in total. The minimum atomic E-state index is -0.456. The lowest BCUT2D eigenvalue weighted by Gasteiger charge is -2.18. The van der Waals surface area contributed by atoms with Gasteiger partial charge in [0.15, 0.2) is 12.0 Å². The van der Waals surface area contributed by atoms with Crippen molar-refractivity contribution in [1.29, 1.82) is 0 Å². The number of ether oxygens (including phenoxy) is 4. The van der Waals surface area contributed by atoms with Gasteiger partial charge in [0.05, 0.1) is 12.7 Å². The third-order valence-corrected chi connectivity index (χ3v) is 2.76. The van der Waals surface area contributed by atoms with E-state index >= 15 is 0 Å². The normalized spacial score (nSPS) is 17.8. The average molecular weight is 290 g/mol. The van der Waals surface area contributed by atoms with Crippen LogP contribution in [-0.4, -0.2) is 12.6 Å². The molecule has 0 aromatic heterocycles. The SMILES string of the molecule is CCOC(=O)C=C(C)OC1=COC(C2=CC=CCC2)=CO1. The highest BCUT2D eigenvalue weighted by molar-refractivity contribution is 5.82. The molecule has 0 unspecified atom stereocenters. The molecule has 0 N–H and O–H groups in total. The van der Waals surface area contributed by atoms with Gasteiger partial charge in [0.25, 0.3) is 0 Å². The van der Waals surface area contributed by atoms with E-state index in [0.29, 0.717) is 18.1 Å². The van der Waals surface area contributed by atoms with Gasteiger partial charge in [0.2, 0.25) is 0 Å². The molecule has 0 bridgehead atoms. The highest BCUT2D eigenvalue weighted by atomic mass is 16.7. The zero-order chi connectivity index (χ0) is 15.1. The first kappa shape index (κ1) is 15.0. The maximum Gasteiger partial charge on any atom is 0.334 e. The maximum atomic E-state index is 11.3. The number of carbonyl (C=O) groups is 1. The molecular formula is C16H18O5. The summed E-state index contributed by atoms with van der Waals surface area (Å²) >= 11 is 0. The lowest BCUT2D eigenvalue weighted by Crippen LogP contribution is -2.05. The molecule has 0 spiro atoms. The predicted octanol–water partition coefficient (Wildman–Crippen LogP) is 3.43. The molecule has 1 aliphatic heterocycles. The molecule has 1 heterocycles. The van der Waals surface area contributed by atoms with E-state index in [1.807, 2.05) is 12.2 Å². The van der Waals surface area contributed by atoms with Crippen LogP contribution in [0.3, 0.4) is 0 Å². The molecule has 5 heteroatoms. The lowest BCUT2D eigenvalue weighted by molar-refractivity contribution is -0.137. The second-order valence-corrected chi connectivity index (χ2v) is 4.42. The van der Waals surface area contributed by atoms with Gasteiger partial charge in [-0.1, -0.05) is 18.2 Å². The molecule has 0 atom stereocenters. The van der Waals surface area contributed by atoms with Crippen molar-refractivity contribution in [2.24, 2.45) is 0 Å². The lowest BCUT2D eigenvalue weighted by atomic mass is 10.0. The van der Waals surface area contributed by atoms with Gasteiger partial charge >= 0.3 is 11.9 Å². The Kier molecular flexibility index (Phi) is 5.26. The zero-order valence-electron chi connectivity index (χ0n) is 12.1. The molecule has 0 amide bonds. The molecule has 0 saturated heterocycles. The van der Waals surface area contributed by atoms with Crippen molar-refractivity contribution in [3.05, 3.63) is 59.9 Å². The fourth-order valence-corrected chi connectivity index (χ4v) is 1.82. The van der Waals surface area contributed by atoms with E-state index < -0.39 is 5.97 Å². The van der Waals surface area contributed by atoms with E-state index in [4.69, 9.17) is 18.9 Å². The van der Waals surface area contributed by atoms with Gasteiger partial charge < -0.3 is 18.9 Å². The van der Waals surface area contributed by atoms with Gasteiger partial charge in [0.1, 0.15) is 12.0 Å². The number of allylic oxidation sites excluding steroid dienone is 5. The summed E-state index contributed by atoms with van der Waals surface area (Å²) in [5.41, 5.74) is 1.08. The van der Waals surface area contributed by atoms with Crippen molar-refractivity contribution in [1.82, 2.24) is 0 Å². The van der Waals surface area contributed by atoms with Crippen molar-refractivity contribution < 1.29 is 23.7 Å². The van der Waals surface area contributed by atoms with Crippen LogP contribution in [0.2, 0.25) is 0 Å². The van der Waals surface area contributed by atoms with E-state index in [-0.39, 0.29) is 5.95 Å². The van der Waals surface area contributed by atoms with Gasteiger partial charge in [-0.2, -0.15) is 0 Å². The molecule has 0 radical (unpaired) electrons. The Morgan fingerprint density at radius 3 is 2.86 bits per heavy atom. The van der Waals surface area contributed by atoms with Gasteiger partial charge in [-0.3, -0.25) is 0 Å². The molecule has 21 heavy (non-hydrogen) atoms. The topological polar surface area (TPSA) is 54.0 Å². The van der Waals surface area contributed by atoms with E-state index in [1.54, 1.807) is 13.8 Å². The van der Waals surface area contributed by atoms with Crippen molar-refractivity contribution in [3.63, 3.8) is 0 Å². The summed E-state index contributed by atoms with van der Waals surface area (Å²) in [6.45, 7) is 3.69. The molecule has 2 aliphatic rings. The van der Waals surface area contributed by atoms with E-state index in [2.05, 4.69) is 6.08 Å². The zero-order valence-corrected chi connectivity index (χ0v) is 12.1. The van der Waals surface area contributed by atoms with Gasteiger partial charge in [-0.25, -0.2) is 4.79 Å². The first-order valence-electron chi connectivity index (χ1n) is 6.81. The first-order valence-corrected chi connectivity index (χ1v) is 6.81. The molecule has 0 fully saturated rings. The molecule has 0 aromatic carbocycles. The van der Waals surface area contributed by atoms with Crippen LogP contribution in [0.15, 0.2) is 59.9 Å². The van der Waals surface area contributed by atoms with E-state index in [0.717, 1.165) is 18.4 Å². The van der Waals surface area contributed by atoms with Gasteiger partial charge in [0, 0.05) is 0 Å². The van der Waals surface area contributed by atoms with Crippen LogP contribution in [0.1, 0.15) is 26.7 Å². The average Bonchev–Trinajstić information content (AvgIpc) is 2.49. The number of esters is 1. The minimum Gasteiger partial charge on any atom is -0.463 e. The number of hydrogen-bond donors (Lipinski definition) is 0. The number of hydrogen-bond acceptors (Lipinski definition) is 5. The van der Waals surface area contributed by atoms with Crippen molar-refractivity contribution in [3.8, 4) is 0 Å². The number of rotatable bonds is 5. The largest absolute Gasteiger partial charge is 0.463 e. The molecule has 1 aliphatic carbocycles. The smallest absolute Gasteiger partial charge is 0.334 e. The van der Waals surface area contributed by atoms with Crippen LogP contribution >= 0.6 is 0 Å². The highest BCUT2D eigenvalue weighted by Gasteiger charge is 2.15. The Balaban J connectivity index is 1.88. The van der Waals surface area contributed by atoms with Crippen molar-refractivity contribution >= 4 is 5.97 Å². The Morgan fingerprint density at radius 1 is 1.38 bits per heavy atom. The summed E-state index contributed by atoms with van der Waals surface area (Å²) in [4.78, 5) is 11.3. The van der Waals surface area contributed by atoms with Crippen LogP contribution in [0, 0.1) is 0 Å². The third kappa shape index (κ3) is 4.56. The maximum absolute atomic E-state index is 11.3. The predicted molar refractivity (Wildman–Crippen MR) is 76.3 cm³/mol. The Hall–Kier alpha value is -2.43. The van der Waals surface area contributed by atoms with Crippen molar-refractivity contribution in [2.45, 2.75) is 26.7 Å². The first-order chi connectivity index (χ1) is 10.2. The fourth-order valence-electron chi connectivity index (χ4n) is 1.82. The Morgan fingerprint density at radius 2 is 2.24 bits per heavy atom. The summed E-state index contributed by atoms with van der Waals surface area (Å²) < 4.78 is 21.0. The highest BCUT2D eigenvalue weighted by Crippen LogP contribution is 2.25. The molecule has 0 aromatic rings. The van der Waals surface area contributed by atoms with Crippen LogP contribution in [0.25, 0.3) is 0 Å². The second-order valence-electron chi connectivity index (χ2n) is 4.42. The number of carbonyl (C=O) groups excluding carboxylic acids is 1. The molecule has 0 saturated carbocycles. The minimum absolute atomic E-state index is 0.170. The summed E-state index contributed by atoms with van der Waals surface area (Å²) in [5, 5.41) is 0. The van der Waals surface area contributed by atoms with Crippen LogP contribution < -0.4 is 0 Å². The van der Waals surface area contributed by atoms with Crippen LogP contribution in [0.4, 0.5) is 0 Å². The molecule has 2 rings (SSSR count). The summed E-state index contributed by atoms with van der Waals surface area (Å²) in [7, 11) is 0. The standard InChI is InChI=1S/C16H18O5/c1-3-18-15(17)9-12(2)21-16-11-19-14(10-20-16)13-7-5-4-6-8-13/h4-5,7,9-11H,3,6,8H2,1-2H3. The molecule has 112 valence electrons. The summed E-state index contributed by atoms with van der Waals surface area (Å²) in [6.07, 6.45) is 12.1. The third-order valence-electron chi connectivity index (χ3n) is 2.76. The van der Waals surface area contributed by atoms with Crippen molar-refractivity contribution in [2.75, 3.05) is 6.61 Å². The van der Waals surface area contributed by atoms with E-state index in [9.17, 15) is 4.79 Å². The summed E-state index contributed by atoms with van der Waals surface area (Å²) in [5.74, 6) is 0.741. The monoisotopic (exact) mass is 290 g/mol. The van der Waals surface area contributed by atoms with Gasteiger partial charge in [-0.15, -0.1) is 0 Å². The Bertz CT molecular complexity index is 549. The second kappa shape index (κ2) is 7.38. The van der Waals surface area contributed by atoms with Crippen LogP contribution in [0.5, 0.6) is 0 Å². The van der Waals surface area contributed by atoms with Crippen LogP contribution in [-0.2, 0) is 23.7 Å².